The van der Waals surface area contributed by atoms with Crippen LogP contribution in [0.1, 0.15) is 24.6 Å². The number of H-pyrrole nitrogens is 1. The van der Waals surface area contributed by atoms with Crippen molar-refractivity contribution in [3.63, 3.8) is 0 Å². The minimum Gasteiger partial charge on any atom is -0.316 e. The highest BCUT2D eigenvalue weighted by molar-refractivity contribution is 7.99. The summed E-state index contributed by atoms with van der Waals surface area (Å²) >= 11 is 1.48. The fourth-order valence-electron chi connectivity index (χ4n) is 1.91. The average Bonchev–Trinajstić information content (AvgIpc) is 2.41. The molecule has 4 nitrogen and oxygen atoms in total. The van der Waals surface area contributed by atoms with Crippen LogP contribution in [0.15, 0.2) is 45.2 Å². The van der Waals surface area contributed by atoms with Gasteiger partial charge in [-0.25, -0.2) is 4.98 Å². The summed E-state index contributed by atoms with van der Waals surface area (Å²) in [5, 5.41) is 3.77. The van der Waals surface area contributed by atoms with E-state index in [9.17, 15) is 4.79 Å². The summed E-state index contributed by atoms with van der Waals surface area (Å²) in [5.41, 5.74) is 2.00. The Hall–Kier alpha value is -1.59. The first kappa shape index (κ1) is 14.8. The summed E-state index contributed by atoms with van der Waals surface area (Å²) in [7, 11) is 1.93. The predicted octanol–water partition coefficient (Wildman–Crippen LogP) is 2.59. The van der Waals surface area contributed by atoms with Crippen molar-refractivity contribution in [2.24, 2.45) is 0 Å². The fourth-order valence-corrected chi connectivity index (χ4v) is 2.72. The van der Waals surface area contributed by atoms with Crippen molar-refractivity contribution < 1.29 is 0 Å². The zero-order valence-electron chi connectivity index (χ0n) is 11.8. The molecular weight excluding hydrogens is 270 g/mol. The highest BCUT2D eigenvalue weighted by Crippen LogP contribution is 2.24. The molecule has 0 saturated heterocycles. The van der Waals surface area contributed by atoms with Gasteiger partial charge in [0.15, 0.2) is 5.16 Å². The molecule has 0 spiro atoms. The van der Waals surface area contributed by atoms with Crippen molar-refractivity contribution in [1.29, 1.82) is 0 Å². The molecule has 0 saturated carbocycles. The van der Waals surface area contributed by atoms with Crippen molar-refractivity contribution in [2.45, 2.75) is 36.4 Å². The molecule has 0 radical (unpaired) electrons. The fraction of sp³-hybridized carbons (Fsp3) is 0.333. The maximum absolute atomic E-state index is 11.6. The van der Waals surface area contributed by atoms with Crippen LogP contribution in [0.4, 0.5) is 0 Å². The number of aryl methyl sites for hydroxylation is 1. The number of nitrogens with one attached hydrogen (secondary N) is 2. The minimum atomic E-state index is -0.0854. The van der Waals surface area contributed by atoms with Gasteiger partial charge < -0.3 is 10.3 Å². The summed E-state index contributed by atoms with van der Waals surface area (Å²) in [4.78, 5) is 19.9. The molecule has 0 atom stereocenters. The molecule has 0 aliphatic rings. The summed E-state index contributed by atoms with van der Waals surface area (Å²) in [6.45, 7) is 2.93. The molecule has 0 fully saturated rings. The van der Waals surface area contributed by atoms with E-state index in [0.717, 1.165) is 30.0 Å². The normalized spacial score (nSPS) is 10.7. The van der Waals surface area contributed by atoms with Crippen LogP contribution in [0.5, 0.6) is 0 Å². The number of aromatic nitrogens is 2. The summed E-state index contributed by atoms with van der Waals surface area (Å²) in [6.07, 6.45) is 1.82. The molecule has 0 aliphatic heterocycles. The van der Waals surface area contributed by atoms with Crippen molar-refractivity contribution in [3.8, 4) is 0 Å². The zero-order valence-corrected chi connectivity index (χ0v) is 12.6. The molecular formula is C15H19N3OS. The quantitative estimate of drug-likeness (QED) is 0.803. The van der Waals surface area contributed by atoms with Crippen LogP contribution in [0.25, 0.3) is 0 Å². The lowest BCUT2D eigenvalue weighted by Gasteiger charge is -2.05. The summed E-state index contributed by atoms with van der Waals surface area (Å²) in [5.74, 6) is 0. The number of nitrogens with zero attached hydrogens (tertiary/aromatic N) is 1. The summed E-state index contributed by atoms with van der Waals surface area (Å²) in [6, 6.07) is 9.82. The second-order valence-corrected chi connectivity index (χ2v) is 5.63. The Morgan fingerprint density at radius 1 is 1.30 bits per heavy atom. The largest absolute Gasteiger partial charge is 0.316 e. The van der Waals surface area contributed by atoms with Crippen LogP contribution in [-0.2, 0) is 13.0 Å². The third-order valence-corrected chi connectivity index (χ3v) is 3.69. The molecule has 106 valence electrons. The van der Waals surface area contributed by atoms with Gasteiger partial charge in [-0.05, 0) is 31.2 Å². The van der Waals surface area contributed by atoms with Crippen LogP contribution in [0.2, 0.25) is 0 Å². The number of aromatic amines is 1. The Balaban J connectivity index is 2.14. The first-order valence-corrected chi connectivity index (χ1v) is 7.54. The highest BCUT2D eigenvalue weighted by Gasteiger charge is 2.03. The molecule has 0 unspecified atom stereocenters. The van der Waals surface area contributed by atoms with Gasteiger partial charge in [-0.1, -0.05) is 37.2 Å². The molecule has 2 aromatic rings. The van der Waals surface area contributed by atoms with E-state index in [4.69, 9.17) is 0 Å². The van der Waals surface area contributed by atoms with E-state index in [1.54, 1.807) is 6.07 Å². The van der Waals surface area contributed by atoms with Gasteiger partial charge in [0.25, 0.3) is 5.56 Å². The Labute approximate surface area is 123 Å². The maximum Gasteiger partial charge on any atom is 0.251 e. The molecule has 0 bridgehead atoms. The highest BCUT2D eigenvalue weighted by atomic mass is 32.2. The van der Waals surface area contributed by atoms with Gasteiger partial charge in [-0.15, -0.1) is 0 Å². The molecule has 0 amide bonds. The number of hydrogen-bond donors (Lipinski definition) is 2. The van der Waals surface area contributed by atoms with Gasteiger partial charge >= 0.3 is 0 Å². The average molecular weight is 289 g/mol. The van der Waals surface area contributed by atoms with Crippen molar-refractivity contribution in [2.75, 3.05) is 7.05 Å². The van der Waals surface area contributed by atoms with E-state index in [-0.39, 0.29) is 5.56 Å². The molecule has 1 aromatic carbocycles. The third-order valence-electron chi connectivity index (χ3n) is 2.80. The standard InChI is InChI=1S/C15H19N3OS/c1-3-4-12-9-14(19)18-15(17-12)20-13-7-5-11(6-8-13)10-16-2/h5-9,16H,3-4,10H2,1-2H3,(H,17,18,19). The number of rotatable bonds is 6. The smallest absolute Gasteiger partial charge is 0.251 e. The third kappa shape index (κ3) is 4.21. The Bertz CT molecular complexity index is 607. The topological polar surface area (TPSA) is 57.8 Å². The summed E-state index contributed by atoms with van der Waals surface area (Å²) < 4.78 is 0. The first-order valence-electron chi connectivity index (χ1n) is 6.73. The Morgan fingerprint density at radius 3 is 2.70 bits per heavy atom. The van der Waals surface area contributed by atoms with Crippen molar-refractivity contribution in [3.05, 3.63) is 51.9 Å². The molecule has 20 heavy (non-hydrogen) atoms. The molecule has 2 rings (SSSR count). The number of hydrogen-bond acceptors (Lipinski definition) is 4. The van der Waals surface area contributed by atoms with E-state index >= 15 is 0 Å². The van der Waals surface area contributed by atoms with E-state index in [1.165, 1.54) is 17.3 Å². The van der Waals surface area contributed by atoms with Crippen LogP contribution < -0.4 is 10.9 Å². The van der Waals surface area contributed by atoms with Crippen LogP contribution in [0.3, 0.4) is 0 Å². The SMILES string of the molecule is CCCc1cc(=O)[nH]c(Sc2ccc(CNC)cc2)n1. The van der Waals surface area contributed by atoms with Gasteiger partial charge in [0.05, 0.1) is 0 Å². The van der Waals surface area contributed by atoms with Gasteiger partial charge in [0.1, 0.15) is 0 Å². The maximum atomic E-state index is 11.6. The predicted molar refractivity (Wildman–Crippen MR) is 82.2 cm³/mol. The van der Waals surface area contributed by atoms with Crippen LogP contribution in [-0.4, -0.2) is 17.0 Å². The van der Waals surface area contributed by atoms with Crippen molar-refractivity contribution in [1.82, 2.24) is 15.3 Å². The van der Waals surface area contributed by atoms with Gasteiger partial charge in [-0.3, -0.25) is 4.79 Å². The second-order valence-electron chi connectivity index (χ2n) is 4.57. The van der Waals surface area contributed by atoms with Gasteiger partial charge in [0, 0.05) is 23.2 Å². The Kier molecular flexibility index (Phi) is 5.38. The molecule has 2 N–H and O–H groups in total. The molecule has 5 heteroatoms. The molecule has 1 heterocycles. The second kappa shape index (κ2) is 7.26. The van der Waals surface area contributed by atoms with E-state index in [1.807, 2.05) is 19.2 Å². The van der Waals surface area contributed by atoms with Crippen molar-refractivity contribution >= 4 is 11.8 Å². The van der Waals surface area contributed by atoms with E-state index in [2.05, 4.69) is 34.3 Å². The minimum absolute atomic E-state index is 0.0854. The monoisotopic (exact) mass is 289 g/mol. The van der Waals surface area contributed by atoms with Gasteiger partial charge in [0.2, 0.25) is 0 Å². The lowest BCUT2D eigenvalue weighted by atomic mass is 10.2. The van der Waals surface area contributed by atoms with Gasteiger partial charge in [-0.2, -0.15) is 0 Å². The van der Waals surface area contributed by atoms with Crippen LogP contribution >= 0.6 is 11.8 Å². The van der Waals surface area contributed by atoms with E-state index in [0.29, 0.717) is 5.16 Å². The number of benzene rings is 1. The lowest BCUT2D eigenvalue weighted by molar-refractivity contribution is 0.814. The zero-order chi connectivity index (χ0) is 14.4. The van der Waals surface area contributed by atoms with Crippen LogP contribution in [0, 0.1) is 0 Å². The molecule has 1 aromatic heterocycles. The Morgan fingerprint density at radius 2 is 2.05 bits per heavy atom. The van der Waals surface area contributed by atoms with E-state index < -0.39 is 0 Å². The molecule has 0 aliphatic carbocycles. The lowest BCUT2D eigenvalue weighted by Crippen LogP contribution is -2.09. The first-order chi connectivity index (χ1) is 9.71.